The topological polar surface area (TPSA) is 55.4 Å². The van der Waals surface area contributed by atoms with Crippen molar-refractivity contribution in [1.82, 2.24) is 5.32 Å². The van der Waals surface area contributed by atoms with E-state index in [-0.39, 0.29) is 17.3 Å². The van der Waals surface area contributed by atoms with Gasteiger partial charge in [0.25, 0.3) is 0 Å². The number of carbonyl (C=O) groups is 2. The molecule has 1 saturated heterocycles. The molecule has 1 spiro atoms. The van der Waals surface area contributed by atoms with Crippen LogP contribution in [0, 0.1) is 17.3 Å². The second kappa shape index (κ2) is 6.15. The number of carbonyl (C=O) groups excluding carboxylic acids is 2. The van der Waals surface area contributed by atoms with Gasteiger partial charge in [-0.25, -0.2) is 4.79 Å². The number of ether oxygens (including phenoxy) is 1. The summed E-state index contributed by atoms with van der Waals surface area (Å²) in [5.74, 6) is 1.06. The lowest BCUT2D eigenvalue weighted by atomic mass is 9.64. The molecule has 4 heteroatoms. The van der Waals surface area contributed by atoms with Crippen LogP contribution >= 0.6 is 0 Å². The molecule has 1 heterocycles. The number of amides is 1. The smallest absolute Gasteiger partial charge is 0.329 e. The van der Waals surface area contributed by atoms with Crippen molar-refractivity contribution in [2.75, 3.05) is 6.61 Å². The summed E-state index contributed by atoms with van der Waals surface area (Å²) in [5, 5.41) is 2.86. The van der Waals surface area contributed by atoms with Crippen molar-refractivity contribution < 1.29 is 14.3 Å². The van der Waals surface area contributed by atoms with Crippen molar-refractivity contribution in [3.63, 3.8) is 0 Å². The molecule has 114 valence electrons. The van der Waals surface area contributed by atoms with Crippen LogP contribution in [0.25, 0.3) is 0 Å². The molecule has 1 amide bonds. The first-order valence-electron chi connectivity index (χ1n) is 7.93. The molecule has 0 bridgehead atoms. The van der Waals surface area contributed by atoms with Crippen LogP contribution in [-0.2, 0) is 14.3 Å². The van der Waals surface area contributed by atoms with Crippen molar-refractivity contribution in [3.05, 3.63) is 0 Å². The fourth-order valence-electron chi connectivity index (χ4n) is 4.13. The molecular weight excluding hydrogens is 254 g/mol. The van der Waals surface area contributed by atoms with Crippen molar-refractivity contribution >= 4 is 11.9 Å². The zero-order valence-corrected chi connectivity index (χ0v) is 12.9. The minimum absolute atomic E-state index is 0.00764. The van der Waals surface area contributed by atoms with Crippen LogP contribution in [0.2, 0.25) is 0 Å². The summed E-state index contributed by atoms with van der Waals surface area (Å²) >= 11 is 0. The summed E-state index contributed by atoms with van der Waals surface area (Å²) < 4.78 is 5.16. The van der Waals surface area contributed by atoms with Crippen LogP contribution in [0.5, 0.6) is 0 Å². The van der Waals surface area contributed by atoms with Gasteiger partial charge < -0.3 is 10.1 Å². The summed E-state index contributed by atoms with van der Waals surface area (Å²) in [5.41, 5.74) is -0.193. The van der Waals surface area contributed by atoms with Crippen molar-refractivity contribution in [3.8, 4) is 0 Å². The lowest BCUT2D eigenvalue weighted by molar-refractivity contribution is -0.149. The predicted octanol–water partition coefficient (Wildman–Crippen LogP) is 2.66. The van der Waals surface area contributed by atoms with Gasteiger partial charge in [-0.15, -0.1) is 0 Å². The van der Waals surface area contributed by atoms with E-state index in [1.807, 2.05) is 6.92 Å². The van der Waals surface area contributed by atoms with Crippen LogP contribution in [0.3, 0.4) is 0 Å². The van der Waals surface area contributed by atoms with Crippen LogP contribution in [-0.4, -0.2) is 24.5 Å². The molecular formula is C16H27NO3. The van der Waals surface area contributed by atoms with Crippen LogP contribution < -0.4 is 5.32 Å². The summed E-state index contributed by atoms with van der Waals surface area (Å²) in [6, 6.07) is -0.426. The highest BCUT2D eigenvalue weighted by Gasteiger charge is 2.52. The molecule has 2 fully saturated rings. The minimum Gasteiger partial charge on any atom is -0.464 e. The number of hydrogen-bond donors (Lipinski definition) is 1. The lowest BCUT2D eigenvalue weighted by Crippen LogP contribution is -2.47. The Morgan fingerprint density at radius 2 is 2.25 bits per heavy atom. The largest absolute Gasteiger partial charge is 0.464 e. The Balaban J connectivity index is 2.13. The Morgan fingerprint density at radius 1 is 1.50 bits per heavy atom. The van der Waals surface area contributed by atoms with Crippen molar-refractivity contribution in [1.29, 1.82) is 0 Å². The van der Waals surface area contributed by atoms with E-state index in [1.54, 1.807) is 0 Å². The summed E-state index contributed by atoms with van der Waals surface area (Å²) in [7, 11) is 0. The first kappa shape index (κ1) is 15.3. The van der Waals surface area contributed by atoms with Crippen molar-refractivity contribution in [2.24, 2.45) is 17.3 Å². The third-order valence-corrected chi connectivity index (χ3v) is 4.74. The quantitative estimate of drug-likeness (QED) is 0.806. The fraction of sp³-hybridized carbons (Fsp3) is 0.875. The highest BCUT2D eigenvalue weighted by molar-refractivity contribution is 5.90. The molecule has 0 radical (unpaired) electrons. The van der Waals surface area contributed by atoms with Gasteiger partial charge in [-0.05, 0) is 38.0 Å². The number of nitrogens with one attached hydrogen (secondary N) is 1. The highest BCUT2D eigenvalue weighted by Crippen LogP contribution is 2.49. The highest BCUT2D eigenvalue weighted by atomic mass is 16.5. The van der Waals surface area contributed by atoms with E-state index in [4.69, 9.17) is 4.74 Å². The second-order valence-electron chi connectivity index (χ2n) is 6.88. The normalized spacial score (nSPS) is 33.5. The van der Waals surface area contributed by atoms with Gasteiger partial charge in [-0.3, -0.25) is 4.79 Å². The molecule has 0 aromatic carbocycles. The Hall–Kier alpha value is -1.06. The lowest BCUT2D eigenvalue weighted by Gasteiger charge is -2.40. The molecule has 0 aromatic rings. The molecule has 3 unspecified atom stereocenters. The molecule has 20 heavy (non-hydrogen) atoms. The summed E-state index contributed by atoms with van der Waals surface area (Å²) in [6.07, 6.45) is 5.96. The number of rotatable bonds is 4. The van der Waals surface area contributed by atoms with Gasteiger partial charge in [0.15, 0.2) is 0 Å². The van der Waals surface area contributed by atoms with Crippen LogP contribution in [0.1, 0.15) is 59.3 Å². The van der Waals surface area contributed by atoms with Gasteiger partial charge in [0, 0.05) is 11.8 Å². The molecule has 1 aliphatic carbocycles. The zero-order valence-electron chi connectivity index (χ0n) is 12.9. The van der Waals surface area contributed by atoms with Crippen molar-refractivity contribution in [2.45, 2.75) is 65.3 Å². The minimum atomic E-state index is -0.426. The van der Waals surface area contributed by atoms with Gasteiger partial charge in [-0.2, -0.15) is 0 Å². The summed E-state index contributed by atoms with van der Waals surface area (Å²) in [4.78, 5) is 24.0. The monoisotopic (exact) mass is 281 g/mol. The average Bonchev–Trinajstić information content (AvgIpc) is 2.65. The predicted molar refractivity (Wildman–Crippen MR) is 77.0 cm³/mol. The third kappa shape index (κ3) is 3.15. The number of hydrogen-bond acceptors (Lipinski definition) is 3. The number of esters is 1. The third-order valence-electron chi connectivity index (χ3n) is 4.74. The van der Waals surface area contributed by atoms with E-state index >= 15 is 0 Å². The Labute approximate surface area is 121 Å². The summed E-state index contributed by atoms with van der Waals surface area (Å²) in [6.45, 7) is 6.66. The first-order valence-corrected chi connectivity index (χ1v) is 7.93. The first-order chi connectivity index (χ1) is 9.47. The van der Waals surface area contributed by atoms with E-state index < -0.39 is 6.04 Å². The van der Waals surface area contributed by atoms with Gasteiger partial charge >= 0.3 is 5.97 Å². The second-order valence-corrected chi connectivity index (χ2v) is 6.88. The molecule has 3 atom stereocenters. The van der Waals surface area contributed by atoms with Crippen LogP contribution in [0.4, 0.5) is 0 Å². The molecule has 2 aliphatic rings. The van der Waals surface area contributed by atoms with Gasteiger partial charge in [0.2, 0.25) is 5.91 Å². The maximum Gasteiger partial charge on any atom is 0.329 e. The Kier molecular flexibility index (Phi) is 4.71. The van der Waals surface area contributed by atoms with E-state index in [2.05, 4.69) is 19.2 Å². The van der Waals surface area contributed by atoms with Gasteiger partial charge in [0.1, 0.15) is 6.04 Å². The molecule has 0 aromatic heterocycles. The van der Waals surface area contributed by atoms with E-state index in [0.717, 1.165) is 19.3 Å². The van der Waals surface area contributed by atoms with Crippen LogP contribution in [0.15, 0.2) is 0 Å². The fourth-order valence-corrected chi connectivity index (χ4v) is 4.13. The maximum atomic E-state index is 12.2. The molecule has 4 nitrogen and oxygen atoms in total. The standard InChI is InChI=1S/C16H27NO3/c1-4-20-15(19)14-16(10-13(18)17-14)7-5-6-12(9-16)8-11(2)3/h11-12,14H,4-10H2,1-3H3,(H,17,18). The average molecular weight is 281 g/mol. The maximum absolute atomic E-state index is 12.2. The van der Waals surface area contributed by atoms with E-state index in [0.29, 0.717) is 24.9 Å². The molecule has 1 N–H and O–H groups in total. The molecule has 1 saturated carbocycles. The Morgan fingerprint density at radius 3 is 2.90 bits per heavy atom. The van der Waals surface area contributed by atoms with Gasteiger partial charge in [-0.1, -0.05) is 26.7 Å². The zero-order chi connectivity index (χ0) is 14.8. The Bertz CT molecular complexity index is 380. The SMILES string of the molecule is CCOC(=O)C1NC(=O)CC12CCCC(CC(C)C)C2. The van der Waals surface area contributed by atoms with Gasteiger partial charge in [0.05, 0.1) is 6.61 Å². The van der Waals surface area contributed by atoms with E-state index in [9.17, 15) is 9.59 Å². The molecule has 2 rings (SSSR count). The molecule has 1 aliphatic heterocycles. The van der Waals surface area contributed by atoms with E-state index in [1.165, 1.54) is 12.8 Å².